The van der Waals surface area contributed by atoms with E-state index in [1.807, 2.05) is 31.2 Å². The van der Waals surface area contributed by atoms with Gasteiger partial charge in [0.1, 0.15) is 25.6 Å². The molecule has 0 aromatic heterocycles. The molecule has 0 aliphatic carbocycles. The van der Waals surface area contributed by atoms with Crippen LogP contribution in [-0.4, -0.2) is 44.3 Å². The largest absolute Gasteiger partial charge is 0.491 e. The Labute approximate surface area is 147 Å². The SMILES string of the molecule is Cc1ccccc1OCCN(C)C(=O)Nc1ccc2c(c1)OCCO2. The fraction of sp³-hybridized carbons (Fsp3) is 0.316. The van der Waals surface area contributed by atoms with E-state index in [1.165, 1.54) is 0 Å². The first-order valence-corrected chi connectivity index (χ1v) is 8.23. The lowest BCUT2D eigenvalue weighted by Crippen LogP contribution is -2.34. The molecule has 6 nitrogen and oxygen atoms in total. The molecule has 0 radical (unpaired) electrons. The highest BCUT2D eigenvalue weighted by Crippen LogP contribution is 2.32. The Balaban J connectivity index is 1.50. The molecule has 1 N–H and O–H groups in total. The van der Waals surface area contributed by atoms with Gasteiger partial charge in [-0.15, -0.1) is 0 Å². The van der Waals surface area contributed by atoms with Gasteiger partial charge in [-0.3, -0.25) is 0 Å². The van der Waals surface area contributed by atoms with E-state index in [2.05, 4.69) is 5.32 Å². The van der Waals surface area contributed by atoms with Gasteiger partial charge in [0, 0.05) is 18.8 Å². The van der Waals surface area contributed by atoms with E-state index >= 15 is 0 Å². The van der Waals surface area contributed by atoms with Gasteiger partial charge in [0.15, 0.2) is 11.5 Å². The highest BCUT2D eigenvalue weighted by atomic mass is 16.6. The van der Waals surface area contributed by atoms with E-state index in [-0.39, 0.29) is 6.03 Å². The van der Waals surface area contributed by atoms with E-state index in [9.17, 15) is 4.79 Å². The molecule has 0 bridgehead atoms. The number of aryl methyl sites for hydroxylation is 1. The fourth-order valence-corrected chi connectivity index (χ4v) is 2.45. The number of carbonyl (C=O) groups excluding carboxylic acids is 1. The second-order valence-corrected chi connectivity index (χ2v) is 5.82. The Morgan fingerprint density at radius 2 is 1.92 bits per heavy atom. The normalized spacial score (nSPS) is 12.4. The summed E-state index contributed by atoms with van der Waals surface area (Å²) in [5.41, 5.74) is 1.74. The van der Waals surface area contributed by atoms with Crippen LogP contribution in [0.25, 0.3) is 0 Å². The van der Waals surface area contributed by atoms with Crippen molar-refractivity contribution < 1.29 is 19.0 Å². The maximum Gasteiger partial charge on any atom is 0.321 e. The molecule has 0 atom stereocenters. The number of hydrogen-bond acceptors (Lipinski definition) is 4. The fourth-order valence-electron chi connectivity index (χ4n) is 2.45. The number of ether oxygens (including phenoxy) is 3. The quantitative estimate of drug-likeness (QED) is 0.906. The van der Waals surface area contributed by atoms with E-state index in [0.29, 0.717) is 43.6 Å². The predicted molar refractivity (Wildman–Crippen MR) is 95.8 cm³/mol. The maximum atomic E-state index is 12.3. The topological polar surface area (TPSA) is 60.0 Å². The summed E-state index contributed by atoms with van der Waals surface area (Å²) in [6.07, 6.45) is 0. The molecule has 0 fully saturated rings. The van der Waals surface area contributed by atoms with Crippen molar-refractivity contribution in [1.82, 2.24) is 4.90 Å². The Hall–Kier alpha value is -2.89. The lowest BCUT2D eigenvalue weighted by atomic mass is 10.2. The van der Waals surface area contributed by atoms with Crippen LogP contribution in [0.2, 0.25) is 0 Å². The van der Waals surface area contributed by atoms with Crippen LogP contribution in [-0.2, 0) is 0 Å². The van der Waals surface area contributed by atoms with E-state index in [4.69, 9.17) is 14.2 Å². The second-order valence-electron chi connectivity index (χ2n) is 5.82. The summed E-state index contributed by atoms with van der Waals surface area (Å²) in [5, 5.41) is 2.85. The van der Waals surface area contributed by atoms with E-state index in [0.717, 1.165) is 11.3 Å². The van der Waals surface area contributed by atoms with Crippen LogP contribution >= 0.6 is 0 Å². The van der Waals surface area contributed by atoms with E-state index in [1.54, 1.807) is 30.1 Å². The molecule has 3 rings (SSSR count). The Kier molecular flexibility index (Phi) is 5.28. The number of para-hydroxylation sites is 1. The molecule has 2 aromatic carbocycles. The summed E-state index contributed by atoms with van der Waals surface area (Å²) in [5.74, 6) is 2.18. The highest BCUT2D eigenvalue weighted by Gasteiger charge is 2.14. The number of nitrogens with one attached hydrogen (secondary N) is 1. The number of anilines is 1. The van der Waals surface area contributed by atoms with Crippen molar-refractivity contribution in [3.05, 3.63) is 48.0 Å². The van der Waals surface area contributed by atoms with Crippen molar-refractivity contribution in [2.24, 2.45) is 0 Å². The maximum absolute atomic E-state index is 12.3. The summed E-state index contributed by atoms with van der Waals surface area (Å²) in [6.45, 7) is 3.96. The number of rotatable bonds is 5. The Bertz CT molecular complexity index is 748. The first-order chi connectivity index (χ1) is 12.1. The van der Waals surface area contributed by atoms with Gasteiger partial charge in [-0.2, -0.15) is 0 Å². The molecule has 25 heavy (non-hydrogen) atoms. The third-order valence-corrected chi connectivity index (χ3v) is 3.92. The van der Waals surface area contributed by atoms with Crippen LogP contribution in [0, 0.1) is 6.92 Å². The highest BCUT2D eigenvalue weighted by molar-refractivity contribution is 5.89. The van der Waals surface area contributed by atoms with Gasteiger partial charge in [-0.25, -0.2) is 4.79 Å². The molecule has 132 valence electrons. The van der Waals surface area contributed by atoms with Crippen LogP contribution in [0.5, 0.6) is 17.2 Å². The number of likely N-dealkylation sites (N-methyl/N-ethyl adjacent to an activating group) is 1. The molecule has 0 saturated carbocycles. The summed E-state index contributed by atoms with van der Waals surface area (Å²) in [7, 11) is 1.73. The molecule has 1 aliphatic rings. The zero-order valence-corrected chi connectivity index (χ0v) is 14.5. The second kappa shape index (κ2) is 7.79. The van der Waals surface area contributed by atoms with Gasteiger partial charge in [-0.1, -0.05) is 18.2 Å². The van der Waals surface area contributed by atoms with Crippen molar-refractivity contribution in [3.8, 4) is 17.2 Å². The summed E-state index contributed by atoms with van der Waals surface area (Å²) in [4.78, 5) is 13.9. The minimum Gasteiger partial charge on any atom is -0.491 e. The smallest absolute Gasteiger partial charge is 0.321 e. The van der Waals surface area contributed by atoms with Crippen LogP contribution < -0.4 is 19.5 Å². The Morgan fingerprint density at radius 3 is 2.72 bits per heavy atom. The number of nitrogens with zero attached hydrogens (tertiary/aromatic N) is 1. The average Bonchev–Trinajstić information content (AvgIpc) is 2.63. The average molecular weight is 342 g/mol. The summed E-state index contributed by atoms with van der Waals surface area (Å²) < 4.78 is 16.7. The number of fused-ring (bicyclic) bond motifs is 1. The predicted octanol–water partition coefficient (Wildman–Crippen LogP) is 3.31. The molecular formula is C19H22N2O4. The van der Waals surface area contributed by atoms with Gasteiger partial charge in [0.25, 0.3) is 0 Å². The zero-order chi connectivity index (χ0) is 17.6. The molecule has 6 heteroatoms. The molecule has 0 spiro atoms. The van der Waals surface area contributed by atoms with Gasteiger partial charge in [0.2, 0.25) is 0 Å². The number of urea groups is 1. The summed E-state index contributed by atoms with van der Waals surface area (Å²) >= 11 is 0. The van der Waals surface area contributed by atoms with Gasteiger partial charge in [0.05, 0.1) is 6.54 Å². The lowest BCUT2D eigenvalue weighted by molar-refractivity contribution is 0.171. The standard InChI is InChI=1S/C19H22N2O4/c1-14-5-3-4-6-16(14)23-10-9-21(2)19(22)20-15-7-8-17-18(13-15)25-12-11-24-17/h3-8,13H,9-12H2,1-2H3,(H,20,22). The minimum absolute atomic E-state index is 0.204. The lowest BCUT2D eigenvalue weighted by Gasteiger charge is -2.21. The van der Waals surface area contributed by atoms with E-state index < -0.39 is 0 Å². The van der Waals surface area contributed by atoms with Crippen LogP contribution in [0.1, 0.15) is 5.56 Å². The number of benzene rings is 2. The number of carbonyl (C=O) groups is 1. The molecule has 0 unspecified atom stereocenters. The van der Waals surface area contributed by atoms with Crippen LogP contribution in [0.15, 0.2) is 42.5 Å². The monoisotopic (exact) mass is 342 g/mol. The van der Waals surface area contributed by atoms with Crippen molar-refractivity contribution in [2.45, 2.75) is 6.92 Å². The van der Waals surface area contributed by atoms with Crippen molar-refractivity contribution >= 4 is 11.7 Å². The minimum atomic E-state index is -0.204. The van der Waals surface area contributed by atoms with Crippen molar-refractivity contribution in [1.29, 1.82) is 0 Å². The number of hydrogen-bond donors (Lipinski definition) is 1. The molecular weight excluding hydrogens is 320 g/mol. The third kappa shape index (κ3) is 4.35. The molecule has 1 aliphatic heterocycles. The van der Waals surface area contributed by atoms with Crippen LogP contribution in [0.4, 0.5) is 10.5 Å². The number of amides is 2. The van der Waals surface area contributed by atoms with Gasteiger partial charge >= 0.3 is 6.03 Å². The molecule has 1 heterocycles. The third-order valence-electron chi connectivity index (χ3n) is 3.92. The molecule has 2 amide bonds. The van der Waals surface area contributed by atoms with Gasteiger partial charge in [-0.05, 0) is 30.7 Å². The molecule has 0 saturated heterocycles. The van der Waals surface area contributed by atoms with Crippen molar-refractivity contribution in [2.75, 3.05) is 38.7 Å². The summed E-state index contributed by atoms with van der Waals surface area (Å²) in [6, 6.07) is 13.0. The first-order valence-electron chi connectivity index (χ1n) is 8.23. The van der Waals surface area contributed by atoms with Gasteiger partial charge < -0.3 is 24.4 Å². The first kappa shape index (κ1) is 17.0. The van der Waals surface area contributed by atoms with Crippen molar-refractivity contribution in [3.63, 3.8) is 0 Å². The van der Waals surface area contributed by atoms with Crippen LogP contribution in [0.3, 0.4) is 0 Å². The zero-order valence-electron chi connectivity index (χ0n) is 14.5. The Morgan fingerprint density at radius 1 is 1.16 bits per heavy atom. The molecule has 2 aromatic rings.